The molecule has 0 amide bonds. The quantitative estimate of drug-likeness (QED) is 0.545. The Morgan fingerprint density at radius 3 is 2.43 bits per heavy atom. The maximum atomic E-state index is 13.1. The lowest BCUT2D eigenvalue weighted by Crippen LogP contribution is -2.43. The molecule has 8 heteroatoms. The van der Waals surface area contributed by atoms with E-state index in [1.54, 1.807) is 30.3 Å². The van der Waals surface area contributed by atoms with Crippen LogP contribution < -0.4 is 0 Å². The van der Waals surface area contributed by atoms with Gasteiger partial charge in [0, 0.05) is 18.7 Å². The number of benzene rings is 2. The number of ether oxygens (including phenoxy) is 1. The molecule has 1 unspecified atom stereocenters. The molecule has 3 rings (SSSR count). The molecule has 0 radical (unpaired) electrons. The lowest BCUT2D eigenvalue weighted by molar-refractivity contribution is -0.148. The van der Waals surface area contributed by atoms with Crippen molar-refractivity contribution < 1.29 is 27.1 Å². The van der Waals surface area contributed by atoms with Crippen molar-refractivity contribution in [1.29, 1.82) is 0 Å². The summed E-state index contributed by atoms with van der Waals surface area (Å²) in [6, 6.07) is 13.0. The van der Waals surface area contributed by atoms with Crippen molar-refractivity contribution in [2.45, 2.75) is 17.7 Å². The van der Waals surface area contributed by atoms with E-state index in [1.807, 2.05) is 0 Å². The number of hydrogen-bond donors (Lipinski definition) is 0. The van der Waals surface area contributed by atoms with Crippen LogP contribution in [0.4, 0.5) is 4.39 Å². The van der Waals surface area contributed by atoms with Crippen LogP contribution in [0.25, 0.3) is 0 Å². The standard InChI is InChI=1S/C20H20FNO5S/c21-17-8-10-18(11-9-17)28(25,26)22-12-4-7-16(13-22)20(24)27-14-19(23)15-5-2-1-3-6-15/h1-3,5-6,8-11,16H,4,7,12-14H2. The predicted molar refractivity (Wildman–Crippen MR) is 99.6 cm³/mol. The van der Waals surface area contributed by atoms with Crippen LogP contribution in [0.1, 0.15) is 23.2 Å². The summed E-state index contributed by atoms with van der Waals surface area (Å²) >= 11 is 0. The van der Waals surface area contributed by atoms with E-state index in [1.165, 1.54) is 16.4 Å². The molecule has 1 fully saturated rings. The Hall–Kier alpha value is -2.58. The molecule has 0 saturated carbocycles. The van der Waals surface area contributed by atoms with Gasteiger partial charge in [0.15, 0.2) is 12.4 Å². The first-order valence-corrected chi connectivity index (χ1v) is 10.3. The summed E-state index contributed by atoms with van der Waals surface area (Å²) in [7, 11) is -3.83. The molecule has 28 heavy (non-hydrogen) atoms. The Kier molecular flexibility index (Phi) is 6.21. The molecule has 2 aromatic carbocycles. The van der Waals surface area contributed by atoms with Crippen molar-refractivity contribution in [2.75, 3.05) is 19.7 Å². The van der Waals surface area contributed by atoms with E-state index in [9.17, 15) is 22.4 Å². The summed E-state index contributed by atoms with van der Waals surface area (Å²) in [6.07, 6.45) is 0.973. The van der Waals surface area contributed by atoms with E-state index in [0.29, 0.717) is 18.4 Å². The van der Waals surface area contributed by atoms with Gasteiger partial charge in [-0.1, -0.05) is 30.3 Å². The number of carbonyl (C=O) groups is 2. The smallest absolute Gasteiger partial charge is 0.310 e. The first-order valence-electron chi connectivity index (χ1n) is 8.88. The maximum absolute atomic E-state index is 13.1. The van der Waals surface area contributed by atoms with Gasteiger partial charge < -0.3 is 4.74 Å². The van der Waals surface area contributed by atoms with Crippen molar-refractivity contribution in [2.24, 2.45) is 5.92 Å². The van der Waals surface area contributed by atoms with E-state index < -0.39 is 27.7 Å². The van der Waals surface area contributed by atoms with Crippen molar-refractivity contribution in [3.63, 3.8) is 0 Å². The molecule has 1 aliphatic rings. The van der Waals surface area contributed by atoms with Gasteiger partial charge in [-0.05, 0) is 37.1 Å². The number of hydrogen-bond acceptors (Lipinski definition) is 5. The Labute approximate surface area is 163 Å². The van der Waals surface area contributed by atoms with E-state index in [4.69, 9.17) is 4.74 Å². The average molecular weight is 405 g/mol. The molecule has 0 N–H and O–H groups in total. The number of nitrogens with zero attached hydrogens (tertiary/aromatic N) is 1. The number of esters is 1. The number of ketones is 1. The molecule has 0 aromatic heterocycles. The van der Waals surface area contributed by atoms with Gasteiger partial charge in [-0.15, -0.1) is 0 Å². The van der Waals surface area contributed by atoms with E-state index in [2.05, 4.69) is 0 Å². The summed E-state index contributed by atoms with van der Waals surface area (Å²) in [6.45, 7) is -0.144. The van der Waals surface area contributed by atoms with Crippen molar-refractivity contribution >= 4 is 21.8 Å². The van der Waals surface area contributed by atoms with E-state index in [0.717, 1.165) is 12.1 Å². The molecule has 6 nitrogen and oxygen atoms in total. The second-order valence-corrected chi connectivity index (χ2v) is 8.49. The largest absolute Gasteiger partial charge is 0.457 e. The van der Waals surface area contributed by atoms with Crippen molar-refractivity contribution in [3.8, 4) is 0 Å². The fraction of sp³-hybridized carbons (Fsp3) is 0.300. The Morgan fingerprint density at radius 1 is 1.07 bits per heavy atom. The van der Waals surface area contributed by atoms with Gasteiger partial charge in [-0.25, -0.2) is 12.8 Å². The Bertz CT molecular complexity index is 944. The SMILES string of the molecule is O=C(COC(=O)C1CCCN(S(=O)(=O)c2ccc(F)cc2)C1)c1ccccc1. The fourth-order valence-electron chi connectivity index (χ4n) is 3.07. The van der Waals surface area contributed by atoms with Crippen LogP contribution in [-0.2, 0) is 19.6 Å². The minimum absolute atomic E-state index is 0.0258. The molecule has 0 spiro atoms. The molecule has 1 heterocycles. The lowest BCUT2D eigenvalue weighted by atomic mass is 10.00. The van der Waals surface area contributed by atoms with Crippen LogP contribution >= 0.6 is 0 Å². The minimum Gasteiger partial charge on any atom is -0.457 e. The number of halogens is 1. The van der Waals surface area contributed by atoms with Crippen LogP contribution in [-0.4, -0.2) is 44.2 Å². The number of sulfonamides is 1. The fourth-order valence-corrected chi connectivity index (χ4v) is 4.59. The second-order valence-electron chi connectivity index (χ2n) is 6.55. The summed E-state index contributed by atoms with van der Waals surface area (Å²) < 4.78 is 44.8. The third kappa shape index (κ3) is 4.63. The van der Waals surface area contributed by atoms with Crippen LogP contribution in [0, 0.1) is 11.7 Å². The second kappa shape index (κ2) is 8.62. The monoisotopic (exact) mass is 405 g/mol. The Balaban J connectivity index is 1.61. The number of Topliss-reactive ketones (excluding diaryl/α,β-unsaturated/α-hetero) is 1. The van der Waals surface area contributed by atoms with Crippen LogP contribution in [0.5, 0.6) is 0 Å². The summed E-state index contributed by atoms with van der Waals surface area (Å²) in [4.78, 5) is 24.4. The van der Waals surface area contributed by atoms with Gasteiger partial charge >= 0.3 is 5.97 Å². The third-order valence-corrected chi connectivity index (χ3v) is 6.49. The highest BCUT2D eigenvalue weighted by Crippen LogP contribution is 2.24. The zero-order valence-corrected chi connectivity index (χ0v) is 15.9. The molecular formula is C20H20FNO5S. The normalized spacial score (nSPS) is 17.8. The molecule has 148 valence electrons. The average Bonchev–Trinajstić information content (AvgIpc) is 2.72. The van der Waals surface area contributed by atoms with Crippen LogP contribution in [0.2, 0.25) is 0 Å². The van der Waals surface area contributed by atoms with Crippen LogP contribution in [0.15, 0.2) is 59.5 Å². The van der Waals surface area contributed by atoms with Gasteiger partial charge in [-0.2, -0.15) is 4.31 Å². The first-order chi connectivity index (χ1) is 13.4. The lowest BCUT2D eigenvalue weighted by Gasteiger charge is -2.30. The zero-order chi connectivity index (χ0) is 20.1. The van der Waals surface area contributed by atoms with Gasteiger partial charge in [0.25, 0.3) is 0 Å². The predicted octanol–water partition coefficient (Wildman–Crippen LogP) is 2.65. The number of piperidine rings is 1. The summed E-state index contributed by atoms with van der Waals surface area (Å²) in [5, 5.41) is 0. The topological polar surface area (TPSA) is 80.8 Å². The minimum atomic E-state index is -3.83. The molecule has 1 aliphatic heterocycles. The van der Waals surface area contributed by atoms with Gasteiger partial charge in [0.1, 0.15) is 5.82 Å². The molecule has 1 atom stereocenters. The van der Waals surface area contributed by atoms with Crippen LogP contribution in [0.3, 0.4) is 0 Å². The van der Waals surface area contributed by atoms with Gasteiger partial charge in [0.05, 0.1) is 10.8 Å². The highest BCUT2D eigenvalue weighted by Gasteiger charge is 2.34. The van der Waals surface area contributed by atoms with Gasteiger partial charge in [-0.3, -0.25) is 9.59 Å². The highest BCUT2D eigenvalue weighted by molar-refractivity contribution is 7.89. The molecule has 0 aliphatic carbocycles. The van der Waals surface area contributed by atoms with Crippen molar-refractivity contribution in [1.82, 2.24) is 4.31 Å². The third-order valence-electron chi connectivity index (χ3n) is 4.61. The summed E-state index contributed by atoms with van der Waals surface area (Å²) in [5.74, 6) is -2.08. The van der Waals surface area contributed by atoms with Crippen molar-refractivity contribution in [3.05, 3.63) is 66.0 Å². The first kappa shape index (κ1) is 20.2. The molecular weight excluding hydrogens is 385 g/mol. The molecule has 0 bridgehead atoms. The molecule has 1 saturated heterocycles. The molecule has 2 aromatic rings. The zero-order valence-electron chi connectivity index (χ0n) is 15.1. The maximum Gasteiger partial charge on any atom is 0.310 e. The van der Waals surface area contributed by atoms with E-state index >= 15 is 0 Å². The van der Waals surface area contributed by atoms with E-state index in [-0.39, 0.29) is 30.4 Å². The number of carbonyl (C=O) groups excluding carboxylic acids is 2. The van der Waals surface area contributed by atoms with Gasteiger partial charge in [0.2, 0.25) is 10.0 Å². The Morgan fingerprint density at radius 2 is 1.75 bits per heavy atom. The summed E-state index contributed by atoms with van der Waals surface area (Å²) in [5.41, 5.74) is 0.444. The highest BCUT2D eigenvalue weighted by atomic mass is 32.2. The number of rotatable bonds is 6.